The maximum atomic E-state index is 12.4. The largest absolute Gasteiger partial charge is 0.419 e. The Balaban J connectivity index is 3.57. The SMILES string of the molecule is O=Cc1cc(Cl)c(C(F)(F)F)c(Cl)c1Cl. The molecule has 0 radical (unpaired) electrons. The summed E-state index contributed by atoms with van der Waals surface area (Å²) in [6.07, 6.45) is -4.43. The molecule has 0 fully saturated rings. The van der Waals surface area contributed by atoms with Crippen LogP contribution in [0, 0.1) is 0 Å². The van der Waals surface area contributed by atoms with E-state index in [0.717, 1.165) is 6.07 Å². The molecule has 15 heavy (non-hydrogen) atoms. The lowest BCUT2D eigenvalue weighted by molar-refractivity contribution is -0.137. The van der Waals surface area contributed by atoms with Crippen LogP contribution in [0.25, 0.3) is 0 Å². The molecular formula is C8H2Cl3F3O. The molecule has 1 nitrogen and oxygen atoms in total. The Bertz CT molecular complexity index is 415. The van der Waals surface area contributed by atoms with Crippen LogP contribution >= 0.6 is 34.8 Å². The number of halogens is 6. The van der Waals surface area contributed by atoms with Gasteiger partial charge in [0.2, 0.25) is 0 Å². The molecule has 0 spiro atoms. The molecule has 82 valence electrons. The van der Waals surface area contributed by atoms with Gasteiger partial charge in [0.25, 0.3) is 0 Å². The van der Waals surface area contributed by atoms with Gasteiger partial charge in [-0.05, 0) is 6.07 Å². The molecule has 0 N–H and O–H groups in total. The van der Waals surface area contributed by atoms with Gasteiger partial charge in [-0.1, -0.05) is 34.8 Å². The molecular weight excluding hydrogens is 275 g/mol. The summed E-state index contributed by atoms with van der Waals surface area (Å²) in [5, 5.41) is -1.87. The van der Waals surface area contributed by atoms with Gasteiger partial charge in [0.15, 0.2) is 6.29 Å². The van der Waals surface area contributed by atoms with Crippen LogP contribution in [0.3, 0.4) is 0 Å². The van der Waals surface area contributed by atoms with Gasteiger partial charge < -0.3 is 0 Å². The van der Waals surface area contributed by atoms with E-state index in [1.54, 1.807) is 0 Å². The van der Waals surface area contributed by atoms with Crippen LogP contribution in [0.15, 0.2) is 6.07 Å². The predicted octanol–water partition coefficient (Wildman–Crippen LogP) is 4.48. The normalized spacial score (nSPS) is 11.6. The number of aldehydes is 1. The molecule has 0 heterocycles. The molecule has 0 atom stereocenters. The first-order chi connectivity index (χ1) is 6.79. The highest BCUT2D eigenvalue weighted by atomic mass is 35.5. The summed E-state index contributed by atoms with van der Waals surface area (Å²) >= 11 is 16.2. The summed E-state index contributed by atoms with van der Waals surface area (Å²) in [6, 6.07) is 0.825. The van der Waals surface area contributed by atoms with Crippen LogP contribution < -0.4 is 0 Å². The minimum absolute atomic E-state index is 0.181. The van der Waals surface area contributed by atoms with Crippen molar-refractivity contribution in [2.75, 3.05) is 0 Å². The minimum atomic E-state index is -4.71. The fourth-order valence-electron chi connectivity index (χ4n) is 0.959. The molecule has 0 aliphatic heterocycles. The molecule has 1 rings (SSSR count). The Hall–Kier alpha value is -0.450. The Morgan fingerprint density at radius 3 is 2.07 bits per heavy atom. The summed E-state index contributed by atoms with van der Waals surface area (Å²) in [5.41, 5.74) is -1.42. The maximum absolute atomic E-state index is 12.4. The van der Waals surface area contributed by atoms with E-state index in [9.17, 15) is 18.0 Å². The van der Waals surface area contributed by atoms with Crippen molar-refractivity contribution in [3.8, 4) is 0 Å². The molecule has 0 saturated heterocycles. The van der Waals surface area contributed by atoms with Crippen LogP contribution in [0.1, 0.15) is 15.9 Å². The van der Waals surface area contributed by atoms with Crippen LogP contribution in [-0.4, -0.2) is 6.29 Å². The number of carbonyl (C=O) groups is 1. The standard InChI is InChI=1S/C8H2Cl3F3O/c9-4-1-3(2-15)6(10)7(11)5(4)8(12,13)14/h1-2H. The van der Waals surface area contributed by atoms with Crippen molar-refractivity contribution >= 4 is 41.1 Å². The molecule has 0 amide bonds. The van der Waals surface area contributed by atoms with Crippen molar-refractivity contribution in [1.82, 2.24) is 0 Å². The first kappa shape index (κ1) is 12.6. The first-order valence-electron chi connectivity index (χ1n) is 3.49. The zero-order chi connectivity index (χ0) is 11.8. The number of alkyl halides is 3. The van der Waals surface area contributed by atoms with Gasteiger partial charge in [-0.25, -0.2) is 0 Å². The Morgan fingerprint density at radius 1 is 1.13 bits per heavy atom. The molecule has 0 saturated carbocycles. The van der Waals surface area contributed by atoms with Crippen molar-refractivity contribution in [3.05, 3.63) is 32.3 Å². The average molecular weight is 277 g/mol. The average Bonchev–Trinajstić information content (AvgIpc) is 2.09. The van der Waals surface area contributed by atoms with E-state index in [1.165, 1.54) is 0 Å². The summed E-state index contributed by atoms with van der Waals surface area (Å²) in [7, 11) is 0. The van der Waals surface area contributed by atoms with E-state index < -0.39 is 26.8 Å². The molecule has 7 heteroatoms. The summed E-state index contributed by atoms with van der Waals surface area (Å²) in [5.74, 6) is 0. The quantitative estimate of drug-likeness (QED) is 0.546. The highest BCUT2D eigenvalue weighted by Crippen LogP contribution is 2.43. The zero-order valence-electron chi connectivity index (χ0n) is 6.83. The van der Waals surface area contributed by atoms with Gasteiger partial charge in [0.1, 0.15) is 0 Å². The zero-order valence-corrected chi connectivity index (χ0v) is 9.10. The van der Waals surface area contributed by atoms with Gasteiger partial charge in [0, 0.05) is 5.56 Å². The lowest BCUT2D eigenvalue weighted by atomic mass is 10.1. The van der Waals surface area contributed by atoms with E-state index in [-0.39, 0.29) is 11.8 Å². The van der Waals surface area contributed by atoms with Gasteiger partial charge in [-0.2, -0.15) is 13.2 Å². The first-order valence-corrected chi connectivity index (χ1v) is 4.62. The molecule has 0 aromatic heterocycles. The molecule has 1 aromatic carbocycles. The third-order valence-electron chi connectivity index (χ3n) is 1.60. The van der Waals surface area contributed by atoms with Crippen molar-refractivity contribution in [3.63, 3.8) is 0 Å². The monoisotopic (exact) mass is 276 g/mol. The Kier molecular flexibility index (Phi) is 3.53. The van der Waals surface area contributed by atoms with Crippen molar-refractivity contribution in [1.29, 1.82) is 0 Å². The second-order valence-corrected chi connectivity index (χ2v) is 3.73. The van der Waals surface area contributed by atoms with Crippen molar-refractivity contribution in [2.24, 2.45) is 0 Å². The fourth-order valence-corrected chi connectivity index (χ4v) is 1.84. The summed E-state index contributed by atoms with van der Waals surface area (Å²) in [4.78, 5) is 10.4. The number of hydrogen-bond donors (Lipinski definition) is 0. The van der Waals surface area contributed by atoms with E-state index in [1.807, 2.05) is 0 Å². The number of hydrogen-bond acceptors (Lipinski definition) is 1. The molecule has 0 bridgehead atoms. The highest BCUT2D eigenvalue weighted by molar-refractivity contribution is 6.45. The molecule has 0 unspecified atom stereocenters. The van der Waals surface area contributed by atoms with Crippen LogP contribution in [-0.2, 0) is 6.18 Å². The maximum Gasteiger partial charge on any atom is 0.419 e. The van der Waals surface area contributed by atoms with Crippen LogP contribution in [0.4, 0.5) is 13.2 Å². The second kappa shape index (κ2) is 4.20. The van der Waals surface area contributed by atoms with E-state index in [2.05, 4.69) is 0 Å². The van der Waals surface area contributed by atoms with E-state index in [0.29, 0.717) is 0 Å². The number of benzene rings is 1. The fraction of sp³-hybridized carbons (Fsp3) is 0.125. The lowest BCUT2D eigenvalue weighted by Crippen LogP contribution is -2.08. The van der Waals surface area contributed by atoms with E-state index >= 15 is 0 Å². The molecule has 0 aliphatic carbocycles. The van der Waals surface area contributed by atoms with Crippen molar-refractivity contribution in [2.45, 2.75) is 6.18 Å². The summed E-state index contributed by atoms with van der Waals surface area (Å²) < 4.78 is 37.2. The lowest BCUT2D eigenvalue weighted by Gasteiger charge is -2.12. The second-order valence-electron chi connectivity index (χ2n) is 2.57. The van der Waals surface area contributed by atoms with E-state index in [4.69, 9.17) is 34.8 Å². The number of rotatable bonds is 1. The molecule has 1 aromatic rings. The molecule has 0 aliphatic rings. The smallest absolute Gasteiger partial charge is 0.298 e. The summed E-state index contributed by atoms with van der Waals surface area (Å²) in [6.45, 7) is 0. The van der Waals surface area contributed by atoms with Crippen LogP contribution in [0.2, 0.25) is 15.1 Å². The van der Waals surface area contributed by atoms with Gasteiger partial charge >= 0.3 is 6.18 Å². The third kappa shape index (κ3) is 2.38. The predicted molar refractivity (Wildman–Crippen MR) is 51.9 cm³/mol. The van der Waals surface area contributed by atoms with Crippen LogP contribution in [0.5, 0.6) is 0 Å². The van der Waals surface area contributed by atoms with Gasteiger partial charge in [-0.3, -0.25) is 4.79 Å². The van der Waals surface area contributed by atoms with Gasteiger partial charge in [0.05, 0.1) is 20.6 Å². The van der Waals surface area contributed by atoms with Crippen molar-refractivity contribution < 1.29 is 18.0 Å². The number of carbonyl (C=O) groups excluding carboxylic acids is 1. The van der Waals surface area contributed by atoms with Gasteiger partial charge in [-0.15, -0.1) is 0 Å². The Morgan fingerprint density at radius 2 is 1.67 bits per heavy atom. The Labute approximate surface area is 97.7 Å². The highest BCUT2D eigenvalue weighted by Gasteiger charge is 2.37. The third-order valence-corrected chi connectivity index (χ3v) is 2.78. The topological polar surface area (TPSA) is 17.1 Å². The minimum Gasteiger partial charge on any atom is -0.298 e.